The first-order valence-electron chi connectivity index (χ1n) is 8.60. The molecule has 0 saturated heterocycles. The van der Waals surface area contributed by atoms with Crippen LogP contribution in [0.15, 0.2) is 53.2 Å². The topological polar surface area (TPSA) is 117 Å². The van der Waals surface area contributed by atoms with E-state index in [0.717, 1.165) is 0 Å². The van der Waals surface area contributed by atoms with Crippen molar-refractivity contribution in [3.05, 3.63) is 69.4 Å². The fourth-order valence-corrected chi connectivity index (χ4v) is 2.54. The average molecular weight is 396 g/mol. The fraction of sp³-hybridized carbons (Fsp3) is 0.150. The Bertz CT molecular complexity index is 1040. The van der Waals surface area contributed by atoms with Crippen LogP contribution in [0.1, 0.15) is 25.0 Å². The average Bonchev–Trinajstić information content (AvgIpc) is 3.04. The summed E-state index contributed by atoms with van der Waals surface area (Å²) in [4.78, 5) is 37.7. The van der Waals surface area contributed by atoms with Gasteiger partial charge in [0.25, 0.3) is 5.69 Å². The Hall–Kier alpha value is -4.01. The number of benzene rings is 2. The molecule has 0 aromatic heterocycles. The number of nitro benzene ring substituents is 1. The molecule has 1 aliphatic rings. The van der Waals surface area contributed by atoms with Gasteiger partial charge in [0.15, 0.2) is 17.2 Å². The van der Waals surface area contributed by atoms with E-state index in [4.69, 9.17) is 14.2 Å². The summed E-state index contributed by atoms with van der Waals surface area (Å²) in [5, 5.41) is 10.7. The summed E-state index contributed by atoms with van der Waals surface area (Å²) in [5.41, 5.74) is 1.00. The van der Waals surface area contributed by atoms with Crippen LogP contribution < -0.4 is 9.47 Å². The summed E-state index contributed by atoms with van der Waals surface area (Å²) in [7, 11) is 0. The lowest BCUT2D eigenvalue weighted by Crippen LogP contribution is -2.05. The van der Waals surface area contributed by atoms with E-state index in [9.17, 15) is 19.7 Å². The van der Waals surface area contributed by atoms with Gasteiger partial charge in [-0.1, -0.05) is 6.07 Å². The van der Waals surface area contributed by atoms with E-state index in [1.807, 2.05) is 0 Å². The van der Waals surface area contributed by atoms with Crippen molar-refractivity contribution in [1.82, 2.24) is 0 Å². The van der Waals surface area contributed by atoms with Gasteiger partial charge in [-0.05, 0) is 42.8 Å². The van der Waals surface area contributed by atoms with Crippen LogP contribution >= 0.6 is 0 Å². The Balaban J connectivity index is 1.89. The molecule has 0 radical (unpaired) electrons. The van der Waals surface area contributed by atoms with Gasteiger partial charge >= 0.3 is 11.9 Å². The molecule has 1 heterocycles. The van der Waals surface area contributed by atoms with Crippen molar-refractivity contribution in [3.8, 4) is 11.5 Å². The predicted molar refractivity (Wildman–Crippen MR) is 103 cm³/mol. The zero-order valence-corrected chi connectivity index (χ0v) is 15.6. The molecular formula is C20H16N2O7. The Kier molecular flexibility index (Phi) is 5.68. The van der Waals surface area contributed by atoms with E-state index in [-0.39, 0.29) is 23.0 Å². The quantitative estimate of drug-likeness (QED) is 0.242. The van der Waals surface area contributed by atoms with Gasteiger partial charge in [0.05, 0.1) is 11.5 Å². The number of nitro groups is 1. The van der Waals surface area contributed by atoms with Gasteiger partial charge in [-0.2, -0.15) is 0 Å². The maximum atomic E-state index is 12.1. The first kappa shape index (κ1) is 19.7. The number of non-ortho nitro benzene ring substituents is 1. The van der Waals surface area contributed by atoms with Crippen LogP contribution in [0.4, 0.5) is 5.69 Å². The smallest absolute Gasteiger partial charge is 0.363 e. The van der Waals surface area contributed by atoms with Crippen molar-refractivity contribution < 1.29 is 28.7 Å². The molecule has 0 N–H and O–H groups in total. The van der Waals surface area contributed by atoms with Crippen LogP contribution in [0.5, 0.6) is 11.5 Å². The second-order valence-electron chi connectivity index (χ2n) is 5.87. The van der Waals surface area contributed by atoms with Crippen molar-refractivity contribution in [2.24, 2.45) is 4.99 Å². The van der Waals surface area contributed by atoms with Gasteiger partial charge in [0, 0.05) is 24.6 Å². The van der Waals surface area contributed by atoms with Crippen LogP contribution in [0, 0.1) is 10.1 Å². The van der Waals surface area contributed by atoms with Crippen molar-refractivity contribution in [1.29, 1.82) is 0 Å². The first-order chi connectivity index (χ1) is 13.9. The molecular weight excluding hydrogens is 380 g/mol. The van der Waals surface area contributed by atoms with E-state index >= 15 is 0 Å². The van der Waals surface area contributed by atoms with Gasteiger partial charge < -0.3 is 14.2 Å². The molecule has 0 bridgehead atoms. The van der Waals surface area contributed by atoms with Crippen molar-refractivity contribution >= 4 is 29.6 Å². The van der Waals surface area contributed by atoms with Gasteiger partial charge in [-0.15, -0.1) is 0 Å². The normalized spacial score (nSPS) is 14.3. The lowest BCUT2D eigenvalue weighted by atomic mass is 10.1. The van der Waals surface area contributed by atoms with Crippen LogP contribution in [0.2, 0.25) is 0 Å². The Morgan fingerprint density at radius 1 is 1.21 bits per heavy atom. The van der Waals surface area contributed by atoms with E-state index < -0.39 is 16.9 Å². The largest absolute Gasteiger partial charge is 0.490 e. The molecule has 29 heavy (non-hydrogen) atoms. The Morgan fingerprint density at radius 3 is 2.55 bits per heavy atom. The number of carbonyl (C=O) groups is 2. The molecule has 3 rings (SSSR count). The highest BCUT2D eigenvalue weighted by atomic mass is 16.6. The van der Waals surface area contributed by atoms with Gasteiger partial charge in [0.1, 0.15) is 0 Å². The summed E-state index contributed by atoms with van der Waals surface area (Å²) in [6.45, 7) is 3.44. The maximum Gasteiger partial charge on any atom is 0.363 e. The molecule has 0 fully saturated rings. The van der Waals surface area contributed by atoms with Crippen molar-refractivity contribution in [2.75, 3.05) is 6.61 Å². The highest BCUT2D eigenvalue weighted by Crippen LogP contribution is 2.30. The van der Waals surface area contributed by atoms with E-state index in [2.05, 4.69) is 4.99 Å². The summed E-state index contributed by atoms with van der Waals surface area (Å²) in [6.07, 6.45) is 1.50. The van der Waals surface area contributed by atoms with E-state index in [0.29, 0.717) is 23.5 Å². The Morgan fingerprint density at radius 2 is 1.93 bits per heavy atom. The number of hydrogen-bond acceptors (Lipinski definition) is 8. The molecule has 1 aliphatic heterocycles. The van der Waals surface area contributed by atoms with Crippen LogP contribution in [0.25, 0.3) is 6.08 Å². The molecule has 2 aromatic rings. The zero-order valence-electron chi connectivity index (χ0n) is 15.6. The second-order valence-corrected chi connectivity index (χ2v) is 5.87. The molecule has 2 aromatic carbocycles. The number of hydrogen-bond donors (Lipinski definition) is 0. The SMILES string of the molecule is CCOc1cc(/C=C2\N=C(c3ccc([N+](=O)[O-])cc3)OC2=O)ccc1OC(C)=O. The maximum absolute atomic E-state index is 12.1. The lowest BCUT2D eigenvalue weighted by molar-refractivity contribution is -0.384. The number of carbonyl (C=O) groups excluding carboxylic acids is 2. The number of rotatable bonds is 6. The molecule has 0 unspecified atom stereocenters. The van der Waals surface area contributed by atoms with Gasteiger partial charge in [0.2, 0.25) is 5.90 Å². The summed E-state index contributed by atoms with van der Waals surface area (Å²) >= 11 is 0. The molecule has 9 nitrogen and oxygen atoms in total. The second kappa shape index (κ2) is 8.34. The summed E-state index contributed by atoms with van der Waals surface area (Å²) < 4.78 is 15.7. The zero-order chi connectivity index (χ0) is 21.0. The molecule has 0 atom stereocenters. The molecule has 0 amide bonds. The molecule has 9 heteroatoms. The first-order valence-corrected chi connectivity index (χ1v) is 8.60. The van der Waals surface area contributed by atoms with Gasteiger partial charge in [-0.3, -0.25) is 14.9 Å². The van der Waals surface area contributed by atoms with Crippen LogP contribution in [-0.2, 0) is 14.3 Å². The minimum absolute atomic E-state index is 0.0534. The molecule has 0 spiro atoms. The summed E-state index contributed by atoms with van der Waals surface area (Å²) in [6, 6.07) is 10.3. The molecule has 0 saturated carbocycles. The third kappa shape index (κ3) is 4.64. The minimum Gasteiger partial charge on any atom is -0.490 e. The van der Waals surface area contributed by atoms with Gasteiger partial charge in [-0.25, -0.2) is 9.79 Å². The number of nitrogens with zero attached hydrogens (tertiary/aromatic N) is 2. The summed E-state index contributed by atoms with van der Waals surface area (Å²) in [5.74, 6) is -0.458. The Labute approximate surface area is 165 Å². The number of esters is 2. The standard InChI is InChI=1S/C20H16N2O7/c1-3-27-18-11-13(4-9-17(18)28-12(2)23)10-16-20(24)29-19(21-16)14-5-7-15(8-6-14)22(25)26/h4-11H,3H2,1-2H3/b16-10-. The number of cyclic esters (lactones) is 1. The van der Waals surface area contributed by atoms with Crippen LogP contribution in [-0.4, -0.2) is 29.4 Å². The van der Waals surface area contributed by atoms with Crippen molar-refractivity contribution in [3.63, 3.8) is 0 Å². The number of ether oxygens (including phenoxy) is 3. The molecule has 0 aliphatic carbocycles. The number of aliphatic imine (C=N–C) groups is 1. The fourth-order valence-electron chi connectivity index (χ4n) is 2.54. The predicted octanol–water partition coefficient (Wildman–Crippen LogP) is 3.26. The monoisotopic (exact) mass is 396 g/mol. The minimum atomic E-state index is -0.652. The van der Waals surface area contributed by atoms with Crippen molar-refractivity contribution in [2.45, 2.75) is 13.8 Å². The van der Waals surface area contributed by atoms with E-state index in [1.54, 1.807) is 25.1 Å². The molecule has 148 valence electrons. The highest BCUT2D eigenvalue weighted by Gasteiger charge is 2.24. The third-order valence-corrected chi connectivity index (χ3v) is 3.77. The van der Waals surface area contributed by atoms with Crippen LogP contribution in [0.3, 0.4) is 0 Å². The van der Waals surface area contributed by atoms with E-state index in [1.165, 1.54) is 37.3 Å². The third-order valence-electron chi connectivity index (χ3n) is 3.77. The highest BCUT2D eigenvalue weighted by molar-refractivity contribution is 6.12. The lowest BCUT2D eigenvalue weighted by Gasteiger charge is -2.10.